The van der Waals surface area contributed by atoms with Crippen LogP contribution in [0, 0.1) is 6.92 Å². The molecule has 0 N–H and O–H groups in total. The van der Waals surface area contributed by atoms with Gasteiger partial charge in [-0.2, -0.15) is 4.57 Å². The minimum Gasteiger partial charge on any atom is -0.452 e. The normalized spacial score (nSPS) is 12.3. The fourth-order valence-corrected chi connectivity index (χ4v) is 7.05. The van der Waals surface area contributed by atoms with Gasteiger partial charge in [0.05, 0.1) is 7.05 Å². The summed E-state index contributed by atoms with van der Waals surface area (Å²) in [7, 11) is 2.12. The van der Waals surface area contributed by atoms with E-state index in [1.165, 1.54) is 0 Å². The Morgan fingerprint density at radius 2 is 1.30 bits per heavy atom. The molecule has 0 aliphatic heterocycles. The van der Waals surface area contributed by atoms with Crippen LogP contribution in [0.1, 0.15) is 5.56 Å². The topological polar surface area (TPSA) is 61.1 Å². The number of furan rings is 3. The molecule has 0 radical (unpaired) electrons. The van der Waals surface area contributed by atoms with E-state index in [1.807, 2.05) is 24.3 Å². The highest BCUT2D eigenvalue weighted by Gasteiger charge is 2.31. The monoisotopic (exact) mass is 570 g/mol. The van der Waals surface area contributed by atoms with Crippen molar-refractivity contribution in [2.75, 3.05) is 0 Å². The Kier molecular flexibility index (Phi) is 4.49. The molecule has 0 atom stereocenters. The Morgan fingerprint density at radius 1 is 0.614 bits per heavy atom. The number of nitrogens with zero attached hydrogens (tertiary/aromatic N) is 3. The summed E-state index contributed by atoms with van der Waals surface area (Å²) in [6.07, 6.45) is 1.77. The molecule has 10 rings (SSSR count). The average molecular weight is 571 g/mol. The third-order valence-corrected chi connectivity index (χ3v) is 9.09. The predicted octanol–water partition coefficient (Wildman–Crippen LogP) is 9.52. The zero-order chi connectivity index (χ0) is 29.1. The summed E-state index contributed by atoms with van der Waals surface area (Å²) >= 11 is 0. The molecule has 0 fully saturated rings. The lowest BCUT2D eigenvalue weighted by molar-refractivity contribution is -0.633. The molecule has 0 saturated heterocycles. The molecule has 5 heterocycles. The van der Waals surface area contributed by atoms with Crippen molar-refractivity contribution in [2.24, 2.45) is 7.05 Å². The minimum absolute atomic E-state index is 0.639. The maximum absolute atomic E-state index is 6.62. The van der Waals surface area contributed by atoms with Crippen LogP contribution in [-0.2, 0) is 7.05 Å². The van der Waals surface area contributed by atoms with Gasteiger partial charge in [0, 0.05) is 44.6 Å². The summed E-state index contributed by atoms with van der Waals surface area (Å²) < 4.78 is 23.9. The number of para-hydroxylation sites is 3. The summed E-state index contributed by atoms with van der Waals surface area (Å²) in [4.78, 5) is 4.52. The van der Waals surface area contributed by atoms with E-state index in [0.29, 0.717) is 5.71 Å². The van der Waals surface area contributed by atoms with Crippen molar-refractivity contribution in [3.05, 3.63) is 115 Å². The van der Waals surface area contributed by atoms with E-state index in [0.717, 1.165) is 93.9 Å². The van der Waals surface area contributed by atoms with Crippen molar-refractivity contribution in [1.82, 2.24) is 9.55 Å². The van der Waals surface area contributed by atoms with E-state index in [9.17, 15) is 0 Å². The molecule has 44 heavy (non-hydrogen) atoms. The number of benzene rings is 5. The summed E-state index contributed by atoms with van der Waals surface area (Å²) in [6, 6.07) is 35.7. The second-order valence-electron chi connectivity index (χ2n) is 11.5. The number of aryl methyl sites for hydroxylation is 2. The van der Waals surface area contributed by atoms with E-state index in [4.69, 9.17) is 13.3 Å². The van der Waals surface area contributed by atoms with Crippen molar-refractivity contribution in [3.8, 4) is 17.1 Å². The predicted molar refractivity (Wildman–Crippen MR) is 174 cm³/mol. The molecule has 5 aromatic carbocycles. The largest absolute Gasteiger partial charge is 0.452 e. The molecule has 5 aromatic heterocycles. The van der Waals surface area contributed by atoms with Gasteiger partial charge in [0.2, 0.25) is 5.71 Å². The Hall–Kier alpha value is -5.88. The lowest BCUT2D eigenvalue weighted by atomic mass is 10.0. The zero-order valence-electron chi connectivity index (χ0n) is 24.0. The second kappa shape index (κ2) is 8.36. The molecule has 6 nitrogen and oxygen atoms in total. The third-order valence-electron chi connectivity index (χ3n) is 9.09. The molecule has 0 unspecified atom stereocenters. The van der Waals surface area contributed by atoms with Gasteiger partial charge in [0.25, 0.3) is 5.82 Å². The number of pyridine rings is 1. The van der Waals surface area contributed by atoms with Crippen LogP contribution in [0.5, 0.6) is 0 Å². The van der Waals surface area contributed by atoms with Crippen molar-refractivity contribution < 1.29 is 17.8 Å². The summed E-state index contributed by atoms with van der Waals surface area (Å²) in [5, 5.41) is 6.29. The highest BCUT2D eigenvalue weighted by atomic mass is 16.4. The molecule has 0 aliphatic rings. The van der Waals surface area contributed by atoms with Gasteiger partial charge in [-0.25, -0.2) is 9.55 Å². The molecule has 0 amide bonds. The van der Waals surface area contributed by atoms with Crippen LogP contribution in [-0.4, -0.2) is 9.55 Å². The minimum atomic E-state index is 0.639. The lowest BCUT2D eigenvalue weighted by Crippen LogP contribution is -2.30. The first-order valence-electron chi connectivity index (χ1n) is 14.7. The number of fused-ring (bicyclic) bond motifs is 11. The first-order chi connectivity index (χ1) is 21.7. The molecule has 10 aromatic rings. The van der Waals surface area contributed by atoms with Crippen molar-refractivity contribution >= 4 is 77.0 Å². The maximum Gasteiger partial charge on any atom is 0.298 e. The first-order valence-corrected chi connectivity index (χ1v) is 14.7. The van der Waals surface area contributed by atoms with E-state index in [2.05, 4.69) is 107 Å². The molecule has 0 spiro atoms. The van der Waals surface area contributed by atoms with Gasteiger partial charge in [0.15, 0.2) is 27.8 Å². The van der Waals surface area contributed by atoms with Crippen molar-refractivity contribution in [1.29, 1.82) is 0 Å². The zero-order valence-corrected chi connectivity index (χ0v) is 24.0. The van der Waals surface area contributed by atoms with Gasteiger partial charge in [-0.15, -0.1) is 0 Å². The highest BCUT2D eigenvalue weighted by Crippen LogP contribution is 2.41. The summed E-state index contributed by atoms with van der Waals surface area (Å²) in [6.45, 7) is 2.14. The third kappa shape index (κ3) is 2.99. The van der Waals surface area contributed by atoms with Crippen LogP contribution in [0.4, 0.5) is 0 Å². The van der Waals surface area contributed by atoms with E-state index in [-0.39, 0.29) is 0 Å². The van der Waals surface area contributed by atoms with Gasteiger partial charge < -0.3 is 13.3 Å². The lowest BCUT2D eigenvalue weighted by Gasteiger charge is -2.07. The Bertz CT molecular complexity index is 2810. The summed E-state index contributed by atoms with van der Waals surface area (Å²) in [5.74, 6) is 1.02. The van der Waals surface area contributed by atoms with Crippen molar-refractivity contribution in [2.45, 2.75) is 6.92 Å². The van der Waals surface area contributed by atoms with Gasteiger partial charge in [-0.1, -0.05) is 42.5 Å². The SMILES string of the molecule is Cc1ccc2c(oc3ncccc32)c1-c1n(-c2ccc3c(c2)oc2c3ccc3c4ccccc4oc32)c2ccccc2[n+]1C. The second-order valence-corrected chi connectivity index (χ2v) is 11.5. The molecular weight excluding hydrogens is 546 g/mol. The first kappa shape index (κ1) is 23.7. The van der Waals surface area contributed by atoms with Crippen LogP contribution in [0.25, 0.3) is 94.1 Å². The molecule has 208 valence electrons. The number of hydrogen-bond acceptors (Lipinski definition) is 4. The molecule has 0 saturated carbocycles. The van der Waals surface area contributed by atoms with E-state index in [1.54, 1.807) is 6.20 Å². The van der Waals surface area contributed by atoms with Crippen LogP contribution in [0.3, 0.4) is 0 Å². The molecule has 0 aliphatic carbocycles. The molecular formula is C38H24N3O3+. The Balaban J connectivity index is 1.28. The van der Waals surface area contributed by atoms with E-state index < -0.39 is 0 Å². The van der Waals surface area contributed by atoms with Gasteiger partial charge in [-0.3, -0.25) is 0 Å². The fraction of sp³-hybridized carbons (Fsp3) is 0.0526. The Labute approximate surface area is 249 Å². The highest BCUT2D eigenvalue weighted by molar-refractivity contribution is 6.19. The Morgan fingerprint density at radius 3 is 2.18 bits per heavy atom. The van der Waals surface area contributed by atoms with Gasteiger partial charge in [0.1, 0.15) is 22.4 Å². The number of aromatic nitrogens is 3. The number of hydrogen-bond donors (Lipinski definition) is 0. The maximum atomic E-state index is 6.62. The standard InChI is InChI=1S/C38H24N3O3/c1-21-13-15-27-28-9-7-19-39-37(28)44-34(27)33(21)38-40(2)29-10-4-5-11-30(29)41(38)22-14-16-24-26-18-17-25-23-8-3-6-12-31(23)42-35(25)36(26)43-32(24)20-22/h3-20H,1-2H3/q+1. The van der Waals surface area contributed by atoms with Gasteiger partial charge in [-0.05, 0) is 67.1 Å². The smallest absolute Gasteiger partial charge is 0.298 e. The van der Waals surface area contributed by atoms with Crippen LogP contribution < -0.4 is 4.57 Å². The van der Waals surface area contributed by atoms with Gasteiger partial charge >= 0.3 is 0 Å². The number of rotatable bonds is 2. The number of imidazole rings is 1. The molecule has 0 bridgehead atoms. The van der Waals surface area contributed by atoms with Crippen LogP contribution >= 0.6 is 0 Å². The average Bonchev–Trinajstić information content (AvgIpc) is 3.80. The quantitative estimate of drug-likeness (QED) is 0.194. The molecule has 6 heteroatoms. The van der Waals surface area contributed by atoms with Crippen LogP contribution in [0.15, 0.2) is 123 Å². The van der Waals surface area contributed by atoms with Crippen molar-refractivity contribution in [3.63, 3.8) is 0 Å². The fourth-order valence-electron chi connectivity index (χ4n) is 7.05. The van der Waals surface area contributed by atoms with E-state index >= 15 is 0 Å². The van der Waals surface area contributed by atoms with Crippen LogP contribution in [0.2, 0.25) is 0 Å². The summed E-state index contributed by atoms with van der Waals surface area (Å²) in [5.41, 5.74) is 10.0.